The Balaban J connectivity index is 2.03. The maximum absolute atomic E-state index is 12.6. The highest BCUT2D eigenvalue weighted by Gasteiger charge is 2.19. The normalized spacial score (nSPS) is 19.1. The van der Waals surface area contributed by atoms with Gasteiger partial charge in [0.2, 0.25) is 0 Å². The highest BCUT2D eigenvalue weighted by Crippen LogP contribution is 2.08. The minimum absolute atomic E-state index is 0.0440. The van der Waals surface area contributed by atoms with Crippen molar-refractivity contribution in [3.05, 3.63) is 34.3 Å². The number of nitrogens with zero attached hydrogens (tertiary/aromatic N) is 1. The van der Waals surface area contributed by atoms with E-state index in [-0.39, 0.29) is 6.10 Å². The molecule has 1 heterocycles. The van der Waals surface area contributed by atoms with Crippen LogP contribution in [0.5, 0.6) is 0 Å². The molecule has 0 aromatic carbocycles. The highest BCUT2D eigenvalue weighted by molar-refractivity contribution is 7.91. The number of fused-ring (bicyclic) bond motifs is 1. The fourth-order valence-electron chi connectivity index (χ4n) is 2.36. The number of imidazole rings is 1. The first-order valence-corrected chi connectivity index (χ1v) is 9.16. The van der Waals surface area contributed by atoms with Crippen LogP contribution in [0.1, 0.15) is 20.3 Å². The second kappa shape index (κ2) is 8.96. The van der Waals surface area contributed by atoms with E-state index >= 15 is 0 Å². The predicted molar refractivity (Wildman–Crippen MR) is 96.0 cm³/mol. The number of aromatic amines is 1. The van der Waals surface area contributed by atoms with Crippen molar-refractivity contribution in [3.8, 4) is 0 Å². The zero-order chi connectivity index (χ0) is 17.5. The largest absolute Gasteiger partial charge is 0.609 e. The van der Waals surface area contributed by atoms with Crippen LogP contribution < -0.4 is 16.0 Å². The lowest BCUT2D eigenvalue weighted by molar-refractivity contribution is 0.157. The molecule has 2 rings (SSSR count). The molecule has 2 atom stereocenters. The van der Waals surface area contributed by atoms with Gasteiger partial charge < -0.3 is 19.3 Å². The van der Waals surface area contributed by atoms with Crippen LogP contribution in [0.3, 0.4) is 0 Å². The van der Waals surface area contributed by atoms with E-state index < -0.39 is 11.2 Å². The van der Waals surface area contributed by atoms with Gasteiger partial charge in [-0.15, -0.1) is 0 Å². The van der Waals surface area contributed by atoms with Gasteiger partial charge in [0.1, 0.15) is 0 Å². The SMILES string of the molecule is C/C=C(\C[S+]([O-])c1nc2c([nH]1)=CC(OC)CC=2)NC/C(C)=C/OC. The summed E-state index contributed by atoms with van der Waals surface area (Å²) in [6.07, 6.45) is 8.44. The number of ether oxygens (including phenoxy) is 2. The molecule has 0 amide bonds. The summed E-state index contributed by atoms with van der Waals surface area (Å²) in [6.45, 7) is 4.54. The van der Waals surface area contributed by atoms with Gasteiger partial charge in [-0.3, -0.25) is 4.98 Å². The average Bonchev–Trinajstić information content (AvgIpc) is 3.01. The smallest absolute Gasteiger partial charge is 0.321 e. The molecule has 2 N–H and O–H groups in total. The molecule has 6 nitrogen and oxygen atoms in total. The molecule has 7 heteroatoms. The van der Waals surface area contributed by atoms with Crippen molar-refractivity contribution in [1.82, 2.24) is 15.3 Å². The molecule has 0 saturated carbocycles. The van der Waals surface area contributed by atoms with Crippen molar-refractivity contribution in [2.75, 3.05) is 26.5 Å². The summed E-state index contributed by atoms with van der Waals surface area (Å²) in [5.41, 5.74) is 1.97. The Labute approximate surface area is 145 Å². The summed E-state index contributed by atoms with van der Waals surface area (Å²) in [7, 11) is 3.30. The van der Waals surface area contributed by atoms with Crippen molar-refractivity contribution < 1.29 is 14.0 Å². The first kappa shape index (κ1) is 18.6. The van der Waals surface area contributed by atoms with Gasteiger partial charge in [-0.1, -0.05) is 12.2 Å². The van der Waals surface area contributed by atoms with Crippen molar-refractivity contribution in [1.29, 1.82) is 0 Å². The van der Waals surface area contributed by atoms with E-state index in [1.807, 2.05) is 32.1 Å². The van der Waals surface area contributed by atoms with E-state index in [0.29, 0.717) is 17.5 Å². The van der Waals surface area contributed by atoms with Crippen LogP contribution in [0.2, 0.25) is 0 Å². The van der Waals surface area contributed by atoms with Crippen LogP contribution in [-0.2, 0) is 20.6 Å². The van der Waals surface area contributed by atoms with E-state index in [0.717, 1.165) is 28.4 Å². The lowest BCUT2D eigenvalue weighted by atomic mass is 10.1. The Hall–Kier alpha value is -1.70. The topological polar surface area (TPSA) is 82.2 Å². The van der Waals surface area contributed by atoms with Gasteiger partial charge in [0.05, 0.1) is 35.9 Å². The van der Waals surface area contributed by atoms with Crippen molar-refractivity contribution in [2.45, 2.75) is 31.5 Å². The second-order valence-electron chi connectivity index (χ2n) is 5.58. The van der Waals surface area contributed by atoms with Crippen molar-refractivity contribution in [3.63, 3.8) is 0 Å². The van der Waals surface area contributed by atoms with Gasteiger partial charge in [-0.05, 0) is 31.9 Å². The zero-order valence-corrected chi connectivity index (χ0v) is 15.4. The monoisotopic (exact) mass is 351 g/mol. The predicted octanol–water partition coefficient (Wildman–Crippen LogP) is 0.541. The minimum atomic E-state index is -1.24. The summed E-state index contributed by atoms with van der Waals surface area (Å²) in [4.78, 5) is 7.59. The Morgan fingerprint density at radius 1 is 1.54 bits per heavy atom. The van der Waals surface area contributed by atoms with E-state index in [1.165, 1.54) is 0 Å². The molecule has 2 unspecified atom stereocenters. The van der Waals surface area contributed by atoms with Crippen LogP contribution in [0.15, 0.2) is 28.8 Å². The van der Waals surface area contributed by atoms with E-state index in [2.05, 4.69) is 15.3 Å². The Kier molecular flexibility index (Phi) is 6.96. The van der Waals surface area contributed by atoms with Crippen molar-refractivity contribution in [2.24, 2.45) is 0 Å². The number of hydrogen-bond donors (Lipinski definition) is 2. The van der Waals surface area contributed by atoms with Crippen molar-refractivity contribution >= 4 is 23.3 Å². The maximum Gasteiger partial charge on any atom is 0.321 e. The molecule has 132 valence electrons. The van der Waals surface area contributed by atoms with Crippen LogP contribution in [0.25, 0.3) is 12.2 Å². The quantitative estimate of drug-likeness (QED) is 0.528. The van der Waals surface area contributed by atoms with Crippen LogP contribution in [0.4, 0.5) is 0 Å². The third-order valence-electron chi connectivity index (χ3n) is 3.70. The molecule has 0 saturated heterocycles. The van der Waals surface area contributed by atoms with E-state index in [4.69, 9.17) is 9.47 Å². The lowest BCUT2D eigenvalue weighted by Crippen LogP contribution is -2.31. The van der Waals surface area contributed by atoms with Gasteiger partial charge in [-0.25, -0.2) is 0 Å². The van der Waals surface area contributed by atoms with E-state index in [9.17, 15) is 4.55 Å². The lowest BCUT2D eigenvalue weighted by Gasteiger charge is -2.12. The third-order valence-corrected chi connectivity index (χ3v) is 4.90. The Morgan fingerprint density at radius 2 is 2.33 bits per heavy atom. The number of hydrogen-bond acceptors (Lipinski definition) is 5. The summed E-state index contributed by atoms with van der Waals surface area (Å²) in [5.74, 6) is 0.386. The summed E-state index contributed by atoms with van der Waals surface area (Å²) >= 11 is -1.24. The van der Waals surface area contributed by atoms with Crippen LogP contribution >= 0.6 is 0 Å². The molecule has 0 bridgehead atoms. The summed E-state index contributed by atoms with van der Waals surface area (Å²) in [5, 5.41) is 5.50. The first-order chi connectivity index (χ1) is 11.6. The fourth-order valence-corrected chi connectivity index (χ4v) is 3.47. The van der Waals surface area contributed by atoms with E-state index in [1.54, 1.807) is 20.5 Å². The number of allylic oxidation sites excluding steroid dienone is 1. The number of aromatic nitrogens is 2. The molecule has 0 spiro atoms. The average molecular weight is 351 g/mol. The molecule has 1 aromatic heterocycles. The van der Waals surface area contributed by atoms with Gasteiger partial charge in [0, 0.05) is 24.8 Å². The zero-order valence-electron chi connectivity index (χ0n) is 14.6. The number of nitrogens with one attached hydrogen (secondary N) is 2. The Bertz CT molecular complexity index is 724. The van der Waals surface area contributed by atoms with Gasteiger partial charge in [0.25, 0.3) is 0 Å². The third kappa shape index (κ3) is 4.90. The fraction of sp³-hybridized carbons (Fsp3) is 0.471. The number of H-pyrrole nitrogens is 1. The summed E-state index contributed by atoms with van der Waals surface area (Å²) < 4.78 is 22.9. The Morgan fingerprint density at radius 3 is 3.00 bits per heavy atom. The standard InChI is InChI=1S/C17H25N3O3S/c1-5-13(18-9-12(2)10-22-3)11-24(21)17-19-15-7-6-14(23-4)8-16(15)20-17/h5,7-8,10,14,18H,6,9,11H2,1-4H3,(H,19,20)/b12-10+,13-5+. The van der Waals surface area contributed by atoms with Crippen LogP contribution in [-0.4, -0.2) is 47.1 Å². The molecule has 1 aliphatic carbocycles. The van der Waals surface area contributed by atoms with Gasteiger partial charge in [0.15, 0.2) is 5.75 Å². The first-order valence-electron chi connectivity index (χ1n) is 7.84. The molecule has 0 radical (unpaired) electrons. The number of methoxy groups -OCH3 is 2. The number of rotatable bonds is 8. The maximum atomic E-state index is 12.6. The highest BCUT2D eigenvalue weighted by atomic mass is 32.2. The van der Waals surface area contributed by atoms with Gasteiger partial charge in [-0.2, -0.15) is 4.98 Å². The minimum Gasteiger partial charge on any atom is -0.609 e. The molecule has 1 aliphatic rings. The molecular weight excluding hydrogens is 326 g/mol. The second-order valence-corrected chi connectivity index (χ2v) is 6.95. The van der Waals surface area contributed by atoms with Gasteiger partial charge >= 0.3 is 5.16 Å². The molecule has 24 heavy (non-hydrogen) atoms. The summed E-state index contributed by atoms with van der Waals surface area (Å²) in [6, 6.07) is 0. The molecule has 1 aromatic rings. The molecular formula is C17H25N3O3S. The molecule has 0 aliphatic heterocycles. The van der Waals surface area contributed by atoms with Crippen LogP contribution in [0, 0.1) is 0 Å². The molecule has 0 fully saturated rings.